The number of aromatic nitrogens is 3. The zero-order valence-corrected chi connectivity index (χ0v) is 17.1. The van der Waals surface area contributed by atoms with Crippen molar-refractivity contribution in [2.24, 2.45) is 0 Å². The van der Waals surface area contributed by atoms with Gasteiger partial charge in [-0.1, -0.05) is 0 Å². The first-order valence-electron chi connectivity index (χ1n) is 10.4. The maximum Gasteiger partial charge on any atom is 0.126 e. The van der Waals surface area contributed by atoms with E-state index in [0.29, 0.717) is 5.56 Å². The highest BCUT2D eigenvalue weighted by Crippen LogP contribution is 2.31. The minimum absolute atomic E-state index is 0.493. The van der Waals surface area contributed by atoms with Gasteiger partial charge in [0.15, 0.2) is 0 Å². The lowest BCUT2D eigenvalue weighted by Gasteiger charge is -2.26. The van der Waals surface area contributed by atoms with Gasteiger partial charge in [-0.05, 0) is 30.3 Å². The van der Waals surface area contributed by atoms with Gasteiger partial charge in [0.2, 0.25) is 0 Å². The van der Waals surface area contributed by atoms with Gasteiger partial charge < -0.3 is 20.4 Å². The number of fused-ring (bicyclic) bond motifs is 2. The molecule has 1 fully saturated rings. The van der Waals surface area contributed by atoms with Gasteiger partial charge in [-0.3, -0.25) is 9.88 Å². The average molecular weight is 413 g/mol. The molecule has 1 saturated heterocycles. The Kier molecular flexibility index (Phi) is 5.35. The topological polar surface area (TPSA) is 102 Å². The number of nitriles is 1. The van der Waals surface area contributed by atoms with Crippen molar-refractivity contribution in [1.82, 2.24) is 19.9 Å². The normalized spacial score (nSPS) is 14.5. The summed E-state index contributed by atoms with van der Waals surface area (Å²) in [6.07, 6.45) is 5.25. The number of nitrogens with zero attached hydrogens (tertiary/aromatic N) is 4. The van der Waals surface area contributed by atoms with Crippen LogP contribution in [0.5, 0.6) is 0 Å². The van der Waals surface area contributed by atoms with Crippen molar-refractivity contribution in [1.29, 1.82) is 5.26 Å². The second-order valence-corrected chi connectivity index (χ2v) is 7.53. The molecule has 3 N–H and O–H groups in total. The fourth-order valence-corrected chi connectivity index (χ4v) is 3.85. The van der Waals surface area contributed by atoms with Crippen molar-refractivity contribution in [3.05, 3.63) is 54.5 Å². The molecule has 8 nitrogen and oxygen atoms in total. The molecule has 0 spiro atoms. The number of morpholine rings is 1. The summed E-state index contributed by atoms with van der Waals surface area (Å²) in [7, 11) is 0. The Morgan fingerprint density at radius 2 is 2.03 bits per heavy atom. The molecule has 1 aliphatic rings. The van der Waals surface area contributed by atoms with Crippen LogP contribution in [0, 0.1) is 11.3 Å². The van der Waals surface area contributed by atoms with Crippen molar-refractivity contribution in [3.63, 3.8) is 0 Å². The molecule has 1 aromatic carbocycles. The van der Waals surface area contributed by atoms with Gasteiger partial charge in [0.25, 0.3) is 0 Å². The lowest BCUT2D eigenvalue weighted by atomic mass is 10.1. The molecule has 0 amide bonds. The number of pyridine rings is 2. The Labute approximate surface area is 179 Å². The third-order valence-electron chi connectivity index (χ3n) is 5.54. The Hall–Kier alpha value is -3.67. The molecule has 8 heteroatoms. The van der Waals surface area contributed by atoms with E-state index in [9.17, 15) is 5.26 Å². The van der Waals surface area contributed by atoms with E-state index in [1.807, 2.05) is 30.5 Å². The number of benzene rings is 1. The van der Waals surface area contributed by atoms with Crippen LogP contribution in [0.3, 0.4) is 0 Å². The largest absolute Gasteiger partial charge is 0.379 e. The molecule has 4 aromatic rings. The second kappa shape index (κ2) is 8.60. The number of hydrogen-bond donors (Lipinski definition) is 3. The van der Waals surface area contributed by atoms with Gasteiger partial charge in [0.05, 0.1) is 36.2 Å². The summed E-state index contributed by atoms with van der Waals surface area (Å²) >= 11 is 0. The summed E-state index contributed by atoms with van der Waals surface area (Å²) in [5.41, 5.74) is 3.95. The Bertz CT molecular complexity index is 1250. The van der Waals surface area contributed by atoms with Gasteiger partial charge in [-0.2, -0.15) is 5.26 Å². The first kappa shape index (κ1) is 19.3. The predicted molar refractivity (Wildman–Crippen MR) is 122 cm³/mol. The van der Waals surface area contributed by atoms with Crippen LogP contribution < -0.4 is 10.6 Å². The minimum Gasteiger partial charge on any atom is -0.379 e. The average Bonchev–Trinajstić information content (AvgIpc) is 3.28. The molecule has 0 bridgehead atoms. The van der Waals surface area contributed by atoms with E-state index in [4.69, 9.17) is 4.74 Å². The first-order valence-corrected chi connectivity index (χ1v) is 10.4. The maximum absolute atomic E-state index is 9.67. The highest BCUT2D eigenvalue weighted by molar-refractivity contribution is 5.97. The van der Waals surface area contributed by atoms with E-state index in [1.165, 1.54) is 0 Å². The fraction of sp³-hybridized carbons (Fsp3) is 0.261. The van der Waals surface area contributed by atoms with Crippen molar-refractivity contribution < 1.29 is 4.74 Å². The van der Waals surface area contributed by atoms with Gasteiger partial charge in [0, 0.05) is 60.5 Å². The van der Waals surface area contributed by atoms with Gasteiger partial charge >= 0.3 is 0 Å². The second-order valence-electron chi connectivity index (χ2n) is 7.53. The first-order chi connectivity index (χ1) is 15.3. The molecule has 0 unspecified atom stereocenters. The molecule has 0 radical (unpaired) electrons. The maximum atomic E-state index is 9.67. The zero-order chi connectivity index (χ0) is 21.0. The Morgan fingerprint density at radius 3 is 2.90 bits per heavy atom. The van der Waals surface area contributed by atoms with Crippen molar-refractivity contribution in [2.45, 2.75) is 0 Å². The van der Waals surface area contributed by atoms with Gasteiger partial charge in [0.1, 0.15) is 11.9 Å². The van der Waals surface area contributed by atoms with Gasteiger partial charge in [-0.15, -0.1) is 0 Å². The molecule has 0 aliphatic carbocycles. The SMILES string of the molecule is N#Cc1cnc2cnc(NCCN3CCOCC3)cc2c1Nc1ccc2[nH]ccc2c1. The summed E-state index contributed by atoms with van der Waals surface area (Å²) in [6, 6.07) is 12.3. The molecular formula is C23H23N7O. The number of rotatable bonds is 6. The number of anilines is 3. The monoisotopic (exact) mass is 413 g/mol. The molecule has 0 atom stereocenters. The Balaban J connectivity index is 1.41. The van der Waals surface area contributed by atoms with Gasteiger partial charge in [-0.25, -0.2) is 4.98 Å². The third-order valence-corrected chi connectivity index (χ3v) is 5.54. The number of ether oxygens (including phenoxy) is 1. The van der Waals surface area contributed by atoms with Crippen LogP contribution in [-0.4, -0.2) is 59.2 Å². The number of hydrogen-bond acceptors (Lipinski definition) is 7. The molecule has 3 aromatic heterocycles. The smallest absolute Gasteiger partial charge is 0.126 e. The van der Waals surface area contributed by atoms with Crippen LogP contribution in [0.15, 0.2) is 48.9 Å². The van der Waals surface area contributed by atoms with Crippen molar-refractivity contribution in [2.75, 3.05) is 50.0 Å². The number of H-pyrrole nitrogens is 1. The highest BCUT2D eigenvalue weighted by atomic mass is 16.5. The van der Waals surface area contributed by atoms with E-state index < -0.39 is 0 Å². The summed E-state index contributed by atoms with van der Waals surface area (Å²) in [5, 5.41) is 18.5. The standard InChI is InChI=1S/C23H23N7O/c24-13-17-14-27-21-15-28-22(26-5-6-30-7-9-31-10-8-30)12-19(21)23(17)29-18-1-2-20-16(11-18)3-4-25-20/h1-4,11-12,14-15,25H,5-10H2,(H,26,28)(H,27,29). The van der Waals surface area contributed by atoms with E-state index in [1.54, 1.807) is 12.4 Å². The lowest BCUT2D eigenvalue weighted by Crippen LogP contribution is -2.39. The minimum atomic E-state index is 0.493. The van der Waals surface area contributed by atoms with Crippen molar-refractivity contribution in [3.8, 4) is 6.07 Å². The summed E-state index contributed by atoms with van der Waals surface area (Å²) in [5.74, 6) is 0.766. The quantitative estimate of drug-likeness (QED) is 0.445. The van der Waals surface area contributed by atoms with E-state index in [2.05, 4.69) is 42.6 Å². The summed E-state index contributed by atoms with van der Waals surface area (Å²) < 4.78 is 5.40. The number of nitrogens with one attached hydrogen (secondary N) is 3. The fourth-order valence-electron chi connectivity index (χ4n) is 3.85. The Morgan fingerprint density at radius 1 is 1.13 bits per heavy atom. The van der Waals surface area contributed by atoms with Crippen molar-refractivity contribution >= 4 is 39.0 Å². The summed E-state index contributed by atoms with van der Waals surface area (Å²) in [4.78, 5) is 14.5. The molecule has 5 rings (SSSR count). The van der Waals surface area contributed by atoms with E-state index >= 15 is 0 Å². The van der Waals surface area contributed by atoms with E-state index in [0.717, 1.165) is 78.4 Å². The van der Waals surface area contributed by atoms with E-state index in [-0.39, 0.29) is 0 Å². The zero-order valence-electron chi connectivity index (χ0n) is 17.1. The molecule has 31 heavy (non-hydrogen) atoms. The molecule has 0 saturated carbocycles. The predicted octanol–water partition coefficient (Wildman–Crippen LogP) is 3.47. The van der Waals surface area contributed by atoms with Crippen LogP contribution >= 0.6 is 0 Å². The van der Waals surface area contributed by atoms with Crippen LogP contribution in [0.4, 0.5) is 17.2 Å². The molecule has 1 aliphatic heterocycles. The van der Waals surface area contributed by atoms with Crippen LogP contribution in [0.25, 0.3) is 21.8 Å². The number of aromatic amines is 1. The lowest BCUT2D eigenvalue weighted by molar-refractivity contribution is 0.0398. The third kappa shape index (κ3) is 4.14. The summed E-state index contributed by atoms with van der Waals surface area (Å²) in [6.45, 7) is 5.22. The molecule has 4 heterocycles. The molecule has 156 valence electrons. The van der Waals surface area contributed by atoms with Crippen LogP contribution in [0.1, 0.15) is 5.56 Å². The molecular weight excluding hydrogens is 390 g/mol. The van der Waals surface area contributed by atoms with Crippen LogP contribution in [0.2, 0.25) is 0 Å². The highest BCUT2D eigenvalue weighted by Gasteiger charge is 2.13. The van der Waals surface area contributed by atoms with Crippen LogP contribution in [-0.2, 0) is 4.74 Å².